The van der Waals surface area contributed by atoms with Crippen molar-refractivity contribution in [2.24, 2.45) is 0 Å². The first kappa shape index (κ1) is 23.0. The zero-order chi connectivity index (χ0) is 24.7. The lowest BCUT2D eigenvalue weighted by Crippen LogP contribution is -2.32. The van der Waals surface area contributed by atoms with E-state index in [2.05, 4.69) is 15.6 Å². The van der Waals surface area contributed by atoms with Crippen molar-refractivity contribution in [3.63, 3.8) is 0 Å². The van der Waals surface area contributed by atoms with Crippen molar-refractivity contribution in [3.05, 3.63) is 99.7 Å². The Hall–Kier alpha value is -3.75. The molecule has 4 aromatic rings. The van der Waals surface area contributed by atoms with Gasteiger partial charge in [-0.05, 0) is 48.2 Å². The Morgan fingerprint density at radius 2 is 2.00 bits per heavy atom. The van der Waals surface area contributed by atoms with E-state index in [1.807, 2.05) is 37.3 Å². The molecule has 2 aromatic carbocycles. The van der Waals surface area contributed by atoms with Gasteiger partial charge in [0.15, 0.2) is 0 Å². The summed E-state index contributed by atoms with van der Waals surface area (Å²) in [6.07, 6.45) is 3.06. The zero-order valence-corrected chi connectivity index (χ0v) is 19.5. The number of rotatable bonds is 5. The fourth-order valence-electron chi connectivity index (χ4n) is 4.46. The highest BCUT2D eigenvalue weighted by Gasteiger charge is 2.31. The van der Waals surface area contributed by atoms with Crippen LogP contribution in [-0.2, 0) is 6.42 Å². The fourth-order valence-corrected chi connectivity index (χ4v) is 4.70. The van der Waals surface area contributed by atoms with Crippen LogP contribution in [0.1, 0.15) is 43.5 Å². The summed E-state index contributed by atoms with van der Waals surface area (Å²) in [5, 5.41) is 15.6. The van der Waals surface area contributed by atoms with Crippen molar-refractivity contribution in [3.8, 4) is 0 Å². The van der Waals surface area contributed by atoms with Gasteiger partial charge in [0.05, 0.1) is 28.6 Å². The Bertz CT molecular complexity index is 1470. The maximum Gasteiger partial charge on any atom is 0.274 e. The van der Waals surface area contributed by atoms with Crippen LogP contribution < -0.4 is 10.6 Å². The van der Waals surface area contributed by atoms with E-state index in [-0.39, 0.29) is 34.4 Å². The van der Waals surface area contributed by atoms with Crippen LogP contribution in [-0.4, -0.2) is 39.0 Å². The molecule has 7 nitrogen and oxygen atoms in total. The monoisotopic (exact) mass is 492 g/mol. The molecule has 0 saturated heterocycles. The van der Waals surface area contributed by atoms with Crippen LogP contribution in [0.5, 0.6) is 0 Å². The van der Waals surface area contributed by atoms with Gasteiger partial charge in [-0.15, -0.1) is 0 Å². The van der Waals surface area contributed by atoms with Gasteiger partial charge in [0, 0.05) is 18.7 Å². The lowest BCUT2D eigenvalue weighted by molar-refractivity contribution is 0.0935. The molecule has 2 amide bonds. The van der Waals surface area contributed by atoms with Crippen molar-refractivity contribution < 1.29 is 19.1 Å². The number of nitrogens with zero attached hydrogens (tertiary/aromatic N) is 2. The first-order valence-corrected chi connectivity index (χ1v) is 11.5. The second kappa shape index (κ2) is 9.13. The van der Waals surface area contributed by atoms with Gasteiger partial charge in [0.1, 0.15) is 17.2 Å². The molecule has 0 saturated carbocycles. The van der Waals surface area contributed by atoms with Crippen LogP contribution in [0.3, 0.4) is 0 Å². The van der Waals surface area contributed by atoms with Crippen molar-refractivity contribution in [2.45, 2.75) is 25.4 Å². The van der Waals surface area contributed by atoms with Crippen LogP contribution in [0, 0.1) is 12.7 Å². The van der Waals surface area contributed by atoms with E-state index in [0.717, 1.165) is 22.8 Å². The van der Waals surface area contributed by atoms with E-state index in [9.17, 15) is 19.1 Å². The van der Waals surface area contributed by atoms with Crippen LogP contribution in [0.25, 0.3) is 5.65 Å². The molecule has 5 rings (SSSR count). The third kappa shape index (κ3) is 4.38. The lowest BCUT2D eigenvalue weighted by atomic mass is 10.00. The molecule has 2 unspecified atom stereocenters. The Morgan fingerprint density at radius 3 is 2.83 bits per heavy atom. The van der Waals surface area contributed by atoms with Gasteiger partial charge in [-0.2, -0.15) is 0 Å². The molecule has 0 fully saturated rings. The Labute approximate surface area is 205 Å². The minimum absolute atomic E-state index is 0.0122. The second-order valence-electron chi connectivity index (χ2n) is 8.63. The van der Waals surface area contributed by atoms with E-state index in [4.69, 9.17) is 11.6 Å². The van der Waals surface area contributed by atoms with Gasteiger partial charge in [0.25, 0.3) is 11.8 Å². The molecule has 0 radical (unpaired) electrons. The third-order valence-electron chi connectivity index (χ3n) is 6.27. The normalized spacial score (nSPS) is 16.8. The van der Waals surface area contributed by atoms with Gasteiger partial charge < -0.3 is 15.7 Å². The molecule has 2 atom stereocenters. The van der Waals surface area contributed by atoms with Crippen molar-refractivity contribution in [1.82, 2.24) is 14.7 Å². The smallest absolute Gasteiger partial charge is 0.274 e. The first-order valence-electron chi connectivity index (χ1n) is 11.1. The molecule has 0 bridgehead atoms. The summed E-state index contributed by atoms with van der Waals surface area (Å²) < 4.78 is 16.2. The fraction of sp³-hybridized carbons (Fsp3) is 0.192. The SMILES string of the molecule is Cc1ccc2ncc(C(=O)Nc3cc(C(=O)NCC4c5ccccc5CC4O)c(Cl)cc3F)n2c1. The first-order chi connectivity index (χ1) is 16.8. The number of aryl methyl sites for hydroxylation is 1. The molecule has 2 aromatic heterocycles. The number of hydrogen-bond donors (Lipinski definition) is 3. The number of aliphatic hydroxyl groups excluding tert-OH is 1. The minimum atomic E-state index is -0.773. The van der Waals surface area contributed by atoms with E-state index in [1.54, 1.807) is 16.7 Å². The summed E-state index contributed by atoms with van der Waals surface area (Å²) >= 11 is 6.16. The quantitative estimate of drug-likeness (QED) is 0.390. The van der Waals surface area contributed by atoms with E-state index in [0.29, 0.717) is 12.1 Å². The number of imidazole rings is 1. The number of aromatic nitrogens is 2. The summed E-state index contributed by atoms with van der Waals surface area (Å²) in [6, 6.07) is 13.5. The van der Waals surface area contributed by atoms with E-state index >= 15 is 0 Å². The van der Waals surface area contributed by atoms with Crippen LogP contribution in [0.2, 0.25) is 5.02 Å². The van der Waals surface area contributed by atoms with Crippen LogP contribution in [0.4, 0.5) is 10.1 Å². The molecule has 2 heterocycles. The second-order valence-corrected chi connectivity index (χ2v) is 9.04. The van der Waals surface area contributed by atoms with Crippen LogP contribution in [0.15, 0.2) is 60.9 Å². The van der Waals surface area contributed by atoms with Gasteiger partial charge in [-0.3, -0.25) is 14.0 Å². The summed E-state index contributed by atoms with van der Waals surface area (Å²) in [4.78, 5) is 30.0. The number of fused-ring (bicyclic) bond motifs is 2. The average molecular weight is 493 g/mol. The molecule has 1 aliphatic carbocycles. The molecule has 35 heavy (non-hydrogen) atoms. The number of carbonyl (C=O) groups is 2. The molecule has 1 aliphatic rings. The predicted molar refractivity (Wildman–Crippen MR) is 131 cm³/mol. The number of halogens is 2. The van der Waals surface area contributed by atoms with Crippen LogP contribution >= 0.6 is 11.6 Å². The number of nitrogens with one attached hydrogen (secondary N) is 2. The highest BCUT2D eigenvalue weighted by Crippen LogP contribution is 2.33. The van der Waals surface area contributed by atoms with E-state index in [1.165, 1.54) is 12.3 Å². The van der Waals surface area contributed by atoms with Gasteiger partial charge in [-0.1, -0.05) is 41.9 Å². The number of carbonyl (C=O) groups excluding carboxylic acids is 2. The minimum Gasteiger partial charge on any atom is -0.392 e. The topological polar surface area (TPSA) is 95.7 Å². The summed E-state index contributed by atoms with van der Waals surface area (Å²) in [7, 11) is 0. The molecule has 0 spiro atoms. The van der Waals surface area contributed by atoms with Crippen molar-refractivity contribution in [1.29, 1.82) is 0 Å². The highest BCUT2D eigenvalue weighted by molar-refractivity contribution is 6.34. The van der Waals surface area contributed by atoms with Crippen molar-refractivity contribution in [2.75, 3.05) is 11.9 Å². The number of benzene rings is 2. The molecule has 9 heteroatoms. The largest absolute Gasteiger partial charge is 0.392 e. The zero-order valence-electron chi connectivity index (χ0n) is 18.8. The van der Waals surface area contributed by atoms with Crippen molar-refractivity contribution >= 4 is 34.7 Å². The maximum atomic E-state index is 14.6. The average Bonchev–Trinajstić information content (AvgIpc) is 3.39. The Kier molecular flexibility index (Phi) is 6.00. The molecule has 0 aliphatic heterocycles. The number of aliphatic hydroxyl groups is 1. The third-order valence-corrected chi connectivity index (χ3v) is 6.58. The molecule has 3 N–H and O–H groups in total. The Morgan fingerprint density at radius 1 is 1.20 bits per heavy atom. The predicted octanol–water partition coefficient (Wildman–Crippen LogP) is 4.12. The molecule has 178 valence electrons. The van der Waals surface area contributed by atoms with Gasteiger partial charge in [-0.25, -0.2) is 9.37 Å². The summed E-state index contributed by atoms with van der Waals surface area (Å²) in [6.45, 7) is 2.07. The van der Waals surface area contributed by atoms with E-state index < -0.39 is 23.7 Å². The number of anilines is 1. The Balaban J connectivity index is 1.34. The summed E-state index contributed by atoms with van der Waals surface area (Å²) in [5.41, 5.74) is 3.59. The molecular formula is C26H22ClFN4O3. The highest BCUT2D eigenvalue weighted by atomic mass is 35.5. The number of pyridine rings is 1. The summed E-state index contributed by atoms with van der Waals surface area (Å²) in [5.74, 6) is -2.15. The maximum absolute atomic E-state index is 14.6. The molecular weight excluding hydrogens is 471 g/mol. The number of hydrogen-bond acceptors (Lipinski definition) is 4. The standard InChI is InChI=1S/C26H22ClFN4O3/c1-14-6-7-24-29-12-22(32(24)13-14)26(35)31-21-9-17(19(27)10-20(21)28)25(34)30-11-18-16-5-3-2-4-15(16)8-23(18)33/h2-7,9-10,12-13,18,23,33H,8,11H2,1H3,(H,30,34)(H,31,35). The van der Waals surface area contributed by atoms with Gasteiger partial charge >= 0.3 is 0 Å². The van der Waals surface area contributed by atoms with Gasteiger partial charge in [0.2, 0.25) is 0 Å². The number of amides is 2. The lowest BCUT2D eigenvalue weighted by Gasteiger charge is -2.17.